The summed E-state index contributed by atoms with van der Waals surface area (Å²) in [7, 11) is 0. The Bertz CT molecular complexity index is 251. The van der Waals surface area contributed by atoms with Gasteiger partial charge in [-0.3, -0.25) is 5.10 Å². The van der Waals surface area contributed by atoms with Crippen LogP contribution in [0.4, 0.5) is 0 Å². The molecule has 0 saturated heterocycles. The molecule has 0 aliphatic rings. The van der Waals surface area contributed by atoms with Crippen molar-refractivity contribution in [2.75, 3.05) is 0 Å². The smallest absolute Gasteiger partial charge is 0.137 e. The summed E-state index contributed by atoms with van der Waals surface area (Å²) < 4.78 is 0. The molecule has 0 aliphatic carbocycles. The van der Waals surface area contributed by atoms with Crippen molar-refractivity contribution in [2.45, 2.75) is 13.8 Å². The molecule has 12 heavy (non-hydrogen) atoms. The fraction of sp³-hybridized carbons (Fsp3) is 0.286. The summed E-state index contributed by atoms with van der Waals surface area (Å²) >= 11 is 0. The monoisotopic (exact) mass is 165 g/mol. The molecule has 0 fully saturated rings. The van der Waals surface area contributed by atoms with Gasteiger partial charge in [0, 0.05) is 12.4 Å². The highest BCUT2D eigenvalue weighted by molar-refractivity contribution is 4.80. The van der Waals surface area contributed by atoms with Crippen molar-refractivity contribution < 1.29 is 0 Å². The maximum absolute atomic E-state index is 3.86. The zero-order chi connectivity index (χ0) is 8.81. The van der Waals surface area contributed by atoms with Crippen LogP contribution in [0.3, 0.4) is 0 Å². The average molecular weight is 165 g/mol. The molecular formula is C7H11N5. The molecule has 2 aromatic rings. The number of aromatic amines is 2. The maximum Gasteiger partial charge on any atom is 0.137 e. The lowest BCUT2D eigenvalue weighted by Gasteiger charge is -1.68. The third-order valence-electron chi connectivity index (χ3n) is 1.17. The number of rotatable bonds is 0. The molecule has 0 aliphatic heterocycles. The van der Waals surface area contributed by atoms with E-state index in [4.69, 9.17) is 0 Å². The third kappa shape index (κ3) is 2.96. The SMILES string of the molecule is Cc1ncc[nH]1.Cc1ncn[nH]1. The molecular weight excluding hydrogens is 154 g/mol. The van der Waals surface area contributed by atoms with Crippen molar-refractivity contribution in [3.8, 4) is 0 Å². The Balaban J connectivity index is 0.000000120. The van der Waals surface area contributed by atoms with Crippen LogP contribution in [0.1, 0.15) is 11.6 Å². The molecule has 0 atom stereocenters. The van der Waals surface area contributed by atoms with Gasteiger partial charge in [0.1, 0.15) is 18.0 Å². The Labute approximate surface area is 70.3 Å². The molecule has 2 rings (SSSR count). The van der Waals surface area contributed by atoms with Crippen LogP contribution in [0.25, 0.3) is 0 Å². The lowest BCUT2D eigenvalue weighted by atomic mass is 10.8. The summed E-state index contributed by atoms with van der Waals surface area (Å²) in [5.74, 6) is 1.82. The predicted molar refractivity (Wildman–Crippen MR) is 44.4 cm³/mol. The number of hydrogen-bond donors (Lipinski definition) is 2. The van der Waals surface area contributed by atoms with Crippen LogP contribution in [-0.4, -0.2) is 25.1 Å². The Morgan fingerprint density at radius 2 is 2.00 bits per heavy atom. The van der Waals surface area contributed by atoms with Crippen molar-refractivity contribution in [2.24, 2.45) is 0 Å². The van der Waals surface area contributed by atoms with Gasteiger partial charge in [0.2, 0.25) is 0 Å². The van der Waals surface area contributed by atoms with E-state index in [1.165, 1.54) is 6.33 Å². The van der Waals surface area contributed by atoms with Crippen LogP contribution >= 0.6 is 0 Å². The summed E-state index contributed by atoms with van der Waals surface area (Å²) in [6.45, 7) is 3.77. The van der Waals surface area contributed by atoms with Gasteiger partial charge in [-0.1, -0.05) is 0 Å². The summed E-state index contributed by atoms with van der Waals surface area (Å²) in [5, 5.41) is 6.22. The highest BCUT2D eigenvalue weighted by atomic mass is 15.2. The highest BCUT2D eigenvalue weighted by Gasteiger charge is 1.75. The summed E-state index contributed by atoms with van der Waals surface area (Å²) in [4.78, 5) is 10.5. The second-order valence-corrected chi connectivity index (χ2v) is 2.25. The minimum atomic E-state index is 0.856. The topological polar surface area (TPSA) is 70.2 Å². The third-order valence-corrected chi connectivity index (χ3v) is 1.17. The van der Waals surface area contributed by atoms with E-state index in [0.717, 1.165) is 11.6 Å². The van der Waals surface area contributed by atoms with Gasteiger partial charge in [0.05, 0.1) is 0 Å². The van der Waals surface area contributed by atoms with Crippen molar-refractivity contribution in [3.05, 3.63) is 30.4 Å². The van der Waals surface area contributed by atoms with E-state index < -0.39 is 0 Å². The van der Waals surface area contributed by atoms with Gasteiger partial charge in [-0.25, -0.2) is 9.97 Å². The highest BCUT2D eigenvalue weighted by Crippen LogP contribution is 1.78. The van der Waals surface area contributed by atoms with Crippen molar-refractivity contribution >= 4 is 0 Å². The van der Waals surface area contributed by atoms with Crippen LogP contribution in [0.5, 0.6) is 0 Å². The number of nitrogens with one attached hydrogen (secondary N) is 2. The van der Waals surface area contributed by atoms with Crippen LogP contribution in [0.15, 0.2) is 18.7 Å². The molecule has 64 valence electrons. The first kappa shape index (κ1) is 8.45. The molecule has 2 heterocycles. The lowest BCUT2D eigenvalue weighted by molar-refractivity contribution is 1.04. The molecule has 2 aromatic heterocycles. The Morgan fingerprint density at radius 3 is 2.17 bits per heavy atom. The van der Waals surface area contributed by atoms with E-state index in [-0.39, 0.29) is 0 Å². The Morgan fingerprint density at radius 1 is 1.17 bits per heavy atom. The minimum Gasteiger partial charge on any atom is -0.349 e. The first-order valence-electron chi connectivity index (χ1n) is 3.57. The molecule has 0 radical (unpaired) electrons. The lowest BCUT2D eigenvalue weighted by Crippen LogP contribution is -1.68. The van der Waals surface area contributed by atoms with Gasteiger partial charge in [-0.2, -0.15) is 5.10 Å². The standard InChI is InChI=1S/C4H6N2.C3H5N3/c1-4-5-2-3-6-4;1-3-4-2-5-6-3/h2-3H,1H3,(H,5,6);2H,1H3,(H,4,5,6). The molecule has 0 unspecified atom stereocenters. The largest absolute Gasteiger partial charge is 0.349 e. The van der Waals surface area contributed by atoms with E-state index >= 15 is 0 Å². The fourth-order valence-corrected chi connectivity index (χ4v) is 0.611. The normalized spacial score (nSPS) is 8.83. The van der Waals surface area contributed by atoms with Gasteiger partial charge in [0.15, 0.2) is 0 Å². The summed E-state index contributed by atoms with van der Waals surface area (Å²) in [6.07, 6.45) is 5.01. The molecule has 2 N–H and O–H groups in total. The number of imidazole rings is 1. The van der Waals surface area contributed by atoms with Gasteiger partial charge < -0.3 is 4.98 Å². The van der Waals surface area contributed by atoms with E-state index in [9.17, 15) is 0 Å². The zero-order valence-electron chi connectivity index (χ0n) is 7.07. The molecule has 0 aromatic carbocycles. The van der Waals surface area contributed by atoms with Gasteiger partial charge in [-0.05, 0) is 13.8 Å². The molecule has 0 spiro atoms. The van der Waals surface area contributed by atoms with E-state index in [1.807, 2.05) is 13.8 Å². The van der Waals surface area contributed by atoms with Crippen molar-refractivity contribution in [3.63, 3.8) is 0 Å². The number of aryl methyl sites for hydroxylation is 2. The minimum absolute atomic E-state index is 0.856. The predicted octanol–water partition coefficient (Wildman–Crippen LogP) is 0.831. The van der Waals surface area contributed by atoms with Gasteiger partial charge in [-0.15, -0.1) is 0 Å². The van der Waals surface area contributed by atoms with Crippen LogP contribution in [0, 0.1) is 13.8 Å². The maximum atomic E-state index is 3.86. The van der Waals surface area contributed by atoms with E-state index in [1.54, 1.807) is 12.4 Å². The van der Waals surface area contributed by atoms with Crippen LogP contribution in [0.2, 0.25) is 0 Å². The molecule has 0 saturated carbocycles. The Hall–Kier alpha value is -1.65. The second-order valence-electron chi connectivity index (χ2n) is 2.25. The molecule has 5 nitrogen and oxygen atoms in total. The van der Waals surface area contributed by atoms with Crippen LogP contribution < -0.4 is 0 Å². The van der Waals surface area contributed by atoms with Crippen molar-refractivity contribution in [1.82, 2.24) is 25.1 Å². The summed E-state index contributed by atoms with van der Waals surface area (Å²) in [5.41, 5.74) is 0. The molecule has 0 bridgehead atoms. The average Bonchev–Trinajstić information content (AvgIpc) is 2.63. The van der Waals surface area contributed by atoms with E-state index in [2.05, 4.69) is 25.1 Å². The number of nitrogens with zero attached hydrogens (tertiary/aromatic N) is 3. The molecule has 5 heteroatoms. The van der Waals surface area contributed by atoms with Gasteiger partial charge in [0.25, 0.3) is 0 Å². The quantitative estimate of drug-likeness (QED) is 0.607. The summed E-state index contributed by atoms with van der Waals surface area (Å²) in [6, 6.07) is 0. The first-order chi connectivity index (χ1) is 5.79. The first-order valence-corrected chi connectivity index (χ1v) is 3.57. The second kappa shape index (κ2) is 4.27. The number of H-pyrrole nitrogens is 2. The van der Waals surface area contributed by atoms with E-state index in [0.29, 0.717) is 0 Å². The van der Waals surface area contributed by atoms with Crippen molar-refractivity contribution in [1.29, 1.82) is 0 Å². The Kier molecular flexibility index (Phi) is 3.01. The van der Waals surface area contributed by atoms with Crippen LogP contribution in [-0.2, 0) is 0 Å². The number of hydrogen-bond acceptors (Lipinski definition) is 3. The molecule has 0 amide bonds. The fourth-order valence-electron chi connectivity index (χ4n) is 0.611. The number of aromatic nitrogens is 5. The van der Waals surface area contributed by atoms with Gasteiger partial charge >= 0.3 is 0 Å². The zero-order valence-corrected chi connectivity index (χ0v) is 7.07.